The van der Waals surface area contributed by atoms with E-state index in [-0.39, 0.29) is 11.9 Å². The first-order valence-electron chi connectivity index (χ1n) is 11.9. The molecular weight excluding hydrogens is 404 g/mol. The highest BCUT2D eigenvalue weighted by Gasteiger charge is 2.37. The lowest BCUT2D eigenvalue weighted by molar-refractivity contribution is 0.0601. The van der Waals surface area contributed by atoms with Crippen molar-refractivity contribution in [1.82, 2.24) is 9.47 Å². The molecule has 1 aliphatic heterocycles. The van der Waals surface area contributed by atoms with Gasteiger partial charge < -0.3 is 9.47 Å². The minimum Gasteiger partial charge on any atom is -0.341 e. The van der Waals surface area contributed by atoms with Crippen molar-refractivity contribution in [3.05, 3.63) is 69.9 Å². The Kier molecular flexibility index (Phi) is 4.83. The van der Waals surface area contributed by atoms with Gasteiger partial charge >= 0.3 is 0 Å². The smallest absolute Gasteiger partial charge is 0.255 e. The Morgan fingerprint density at radius 3 is 2.61 bits per heavy atom. The molecule has 2 aliphatic carbocycles. The summed E-state index contributed by atoms with van der Waals surface area (Å²) in [5.41, 5.74) is 6.38. The van der Waals surface area contributed by atoms with Crippen LogP contribution in [0.25, 0.3) is 10.9 Å². The summed E-state index contributed by atoms with van der Waals surface area (Å²) in [7, 11) is 0. The summed E-state index contributed by atoms with van der Waals surface area (Å²) in [5, 5.41) is 1.99. The second kappa shape index (κ2) is 7.70. The van der Waals surface area contributed by atoms with Crippen LogP contribution in [0.4, 0.5) is 0 Å². The third-order valence-corrected chi connectivity index (χ3v) is 8.17. The molecule has 1 amide bonds. The highest BCUT2D eigenvalue weighted by atomic mass is 35.5. The Balaban J connectivity index is 1.42. The van der Waals surface area contributed by atoms with Crippen molar-refractivity contribution in [2.24, 2.45) is 0 Å². The van der Waals surface area contributed by atoms with E-state index in [1.165, 1.54) is 59.8 Å². The van der Waals surface area contributed by atoms with Gasteiger partial charge in [-0.2, -0.15) is 0 Å². The summed E-state index contributed by atoms with van der Waals surface area (Å²) in [6.45, 7) is 1.61. The van der Waals surface area contributed by atoms with Crippen LogP contribution in [0.3, 0.4) is 0 Å². The molecule has 0 bridgehead atoms. The van der Waals surface area contributed by atoms with E-state index in [9.17, 15) is 4.79 Å². The molecule has 4 heteroatoms. The van der Waals surface area contributed by atoms with E-state index in [4.69, 9.17) is 11.6 Å². The standard InChI is InChI=1S/C27H29ClN2O/c28-23-11-5-4-9-21(23)27(31)30-16-15-29-24-14-13-19(18-7-2-1-3-8-18)17-22(24)20-10-6-12-25(30)26(20)29/h4-5,9,11,13-14,17-18,25H,1-3,6-8,10,12,15-16H2/t25-/m1/s1. The zero-order valence-corrected chi connectivity index (χ0v) is 18.7. The molecule has 0 radical (unpaired) electrons. The summed E-state index contributed by atoms with van der Waals surface area (Å²) in [6.07, 6.45) is 10.1. The number of aromatic nitrogens is 1. The minimum absolute atomic E-state index is 0.0721. The van der Waals surface area contributed by atoms with Gasteiger partial charge in [-0.3, -0.25) is 4.79 Å². The number of nitrogens with zero attached hydrogens (tertiary/aromatic N) is 2. The first-order valence-corrected chi connectivity index (χ1v) is 12.3. The molecule has 0 spiro atoms. The molecule has 1 saturated carbocycles. The highest BCUT2D eigenvalue weighted by molar-refractivity contribution is 6.33. The second-order valence-electron chi connectivity index (χ2n) is 9.51. The van der Waals surface area contributed by atoms with E-state index < -0.39 is 0 Å². The van der Waals surface area contributed by atoms with Crippen molar-refractivity contribution in [1.29, 1.82) is 0 Å². The number of amides is 1. The summed E-state index contributed by atoms with van der Waals surface area (Å²) in [5.74, 6) is 0.794. The van der Waals surface area contributed by atoms with Gasteiger partial charge in [0.15, 0.2) is 0 Å². The molecule has 2 aromatic carbocycles. The third kappa shape index (κ3) is 3.12. The van der Waals surface area contributed by atoms with Crippen molar-refractivity contribution < 1.29 is 4.79 Å². The number of rotatable bonds is 2. The molecule has 0 unspecified atom stereocenters. The normalized spacial score (nSPS) is 21.3. The van der Waals surface area contributed by atoms with E-state index in [2.05, 4.69) is 27.7 Å². The van der Waals surface area contributed by atoms with Crippen molar-refractivity contribution in [3.63, 3.8) is 0 Å². The van der Waals surface area contributed by atoms with Crippen molar-refractivity contribution >= 4 is 28.4 Å². The summed E-state index contributed by atoms with van der Waals surface area (Å²) in [6, 6.07) is 14.9. The van der Waals surface area contributed by atoms with Gasteiger partial charge in [0, 0.05) is 29.7 Å². The average molecular weight is 433 g/mol. The number of benzene rings is 2. The predicted molar refractivity (Wildman–Crippen MR) is 126 cm³/mol. The Morgan fingerprint density at radius 2 is 1.77 bits per heavy atom. The molecule has 0 saturated heterocycles. The fourth-order valence-corrected chi connectivity index (χ4v) is 6.56. The summed E-state index contributed by atoms with van der Waals surface area (Å²) < 4.78 is 2.51. The summed E-state index contributed by atoms with van der Waals surface area (Å²) >= 11 is 6.38. The van der Waals surface area contributed by atoms with Gasteiger partial charge in [-0.1, -0.05) is 49.1 Å². The van der Waals surface area contributed by atoms with Crippen molar-refractivity contribution in [2.45, 2.75) is 69.9 Å². The number of carbonyl (C=O) groups is 1. The number of aryl methyl sites for hydroxylation is 1. The van der Waals surface area contributed by atoms with Crippen LogP contribution in [-0.2, 0) is 13.0 Å². The van der Waals surface area contributed by atoms with Crippen LogP contribution in [0.15, 0.2) is 42.5 Å². The number of hydrogen-bond donors (Lipinski definition) is 0. The van der Waals surface area contributed by atoms with E-state index in [1.807, 2.05) is 24.3 Å². The SMILES string of the molecule is O=C(c1ccccc1Cl)N1CCn2c3c(c4cc(C5CCCCC5)ccc42)CCC[C@H]31. The van der Waals surface area contributed by atoms with Crippen molar-refractivity contribution in [3.8, 4) is 0 Å². The fraction of sp³-hybridized carbons (Fsp3) is 0.444. The topological polar surface area (TPSA) is 25.2 Å². The van der Waals surface area contributed by atoms with Gasteiger partial charge in [0.1, 0.15) is 0 Å². The monoisotopic (exact) mass is 432 g/mol. The predicted octanol–water partition coefficient (Wildman–Crippen LogP) is 6.88. The van der Waals surface area contributed by atoms with Gasteiger partial charge in [-0.05, 0) is 73.4 Å². The number of halogens is 1. The maximum atomic E-state index is 13.4. The molecule has 3 aliphatic rings. The van der Waals surface area contributed by atoms with Gasteiger partial charge in [-0.15, -0.1) is 0 Å². The van der Waals surface area contributed by atoms with Crippen molar-refractivity contribution in [2.75, 3.05) is 6.54 Å². The van der Waals surface area contributed by atoms with E-state index in [0.29, 0.717) is 10.6 Å². The lowest BCUT2D eigenvalue weighted by Gasteiger charge is -2.40. The van der Waals surface area contributed by atoms with E-state index in [1.54, 1.807) is 0 Å². The van der Waals surface area contributed by atoms with Gasteiger partial charge in [0.25, 0.3) is 5.91 Å². The number of fused-ring (bicyclic) bond motifs is 3. The molecule has 1 aromatic heterocycles. The fourth-order valence-electron chi connectivity index (χ4n) is 6.34. The maximum absolute atomic E-state index is 13.4. The molecule has 3 aromatic rings. The maximum Gasteiger partial charge on any atom is 0.255 e. The Morgan fingerprint density at radius 1 is 0.935 bits per heavy atom. The molecule has 160 valence electrons. The van der Waals surface area contributed by atoms with E-state index >= 15 is 0 Å². The van der Waals surface area contributed by atoms with Crippen LogP contribution in [0, 0.1) is 0 Å². The van der Waals surface area contributed by atoms with Crippen LogP contribution in [-0.4, -0.2) is 21.9 Å². The lowest BCUT2D eigenvalue weighted by Crippen LogP contribution is -2.43. The molecule has 0 N–H and O–H groups in total. The average Bonchev–Trinajstić information content (AvgIpc) is 3.15. The quantitative estimate of drug-likeness (QED) is 0.433. The Bertz CT molecular complexity index is 1160. The van der Waals surface area contributed by atoms with E-state index in [0.717, 1.165) is 38.3 Å². The van der Waals surface area contributed by atoms with Crippen LogP contribution in [0.2, 0.25) is 5.02 Å². The first-order chi connectivity index (χ1) is 15.2. The Labute approximate surface area is 189 Å². The zero-order chi connectivity index (χ0) is 20.9. The largest absolute Gasteiger partial charge is 0.341 e. The van der Waals surface area contributed by atoms with Crippen LogP contribution in [0.1, 0.15) is 84.1 Å². The van der Waals surface area contributed by atoms with Crippen LogP contribution >= 0.6 is 11.6 Å². The molecule has 1 atom stereocenters. The second-order valence-corrected chi connectivity index (χ2v) is 9.92. The minimum atomic E-state index is 0.0721. The first kappa shape index (κ1) is 19.4. The number of carbonyl (C=O) groups excluding carboxylic acids is 1. The van der Waals surface area contributed by atoms with Gasteiger partial charge in [-0.25, -0.2) is 0 Å². The third-order valence-electron chi connectivity index (χ3n) is 7.84. The number of hydrogen-bond acceptors (Lipinski definition) is 1. The highest BCUT2D eigenvalue weighted by Crippen LogP contribution is 2.44. The molecule has 31 heavy (non-hydrogen) atoms. The van der Waals surface area contributed by atoms with Gasteiger partial charge in [0.05, 0.1) is 16.6 Å². The lowest BCUT2D eigenvalue weighted by atomic mass is 9.83. The molecule has 2 heterocycles. The molecule has 3 nitrogen and oxygen atoms in total. The van der Waals surface area contributed by atoms with Gasteiger partial charge in [0.2, 0.25) is 0 Å². The molecular formula is C27H29ClN2O. The van der Waals surface area contributed by atoms with Crippen LogP contribution < -0.4 is 0 Å². The molecule has 1 fully saturated rings. The molecule has 6 rings (SSSR count). The zero-order valence-electron chi connectivity index (χ0n) is 17.9. The Hall–Kier alpha value is -2.26. The van der Waals surface area contributed by atoms with Crippen LogP contribution in [0.5, 0.6) is 0 Å². The summed E-state index contributed by atoms with van der Waals surface area (Å²) in [4.78, 5) is 15.5.